The van der Waals surface area contributed by atoms with Crippen LogP contribution in [0, 0.1) is 0 Å². The van der Waals surface area contributed by atoms with Crippen LogP contribution in [0.25, 0.3) is 17.5 Å². The maximum atomic E-state index is 12.1. The molecule has 4 heterocycles. The summed E-state index contributed by atoms with van der Waals surface area (Å²) in [6.07, 6.45) is 6.51. The van der Waals surface area contributed by atoms with Gasteiger partial charge in [0.1, 0.15) is 19.0 Å². The van der Waals surface area contributed by atoms with E-state index in [1.165, 1.54) is 12.7 Å². The molecule has 0 aliphatic rings. The van der Waals surface area contributed by atoms with Crippen molar-refractivity contribution in [1.29, 1.82) is 0 Å². The highest BCUT2D eigenvalue weighted by Gasteiger charge is 2.13. The number of amides is 1. The summed E-state index contributed by atoms with van der Waals surface area (Å²) >= 11 is 0. The highest BCUT2D eigenvalue weighted by molar-refractivity contribution is 5.76. The van der Waals surface area contributed by atoms with Gasteiger partial charge in [0.05, 0.1) is 0 Å². The molecular formula is C15H14N10O2. The fourth-order valence-electron chi connectivity index (χ4n) is 2.36. The summed E-state index contributed by atoms with van der Waals surface area (Å²) in [5.41, 5.74) is 0.821. The second-order valence-electron chi connectivity index (χ2n) is 5.45. The van der Waals surface area contributed by atoms with Crippen molar-refractivity contribution in [2.75, 3.05) is 0 Å². The maximum Gasteiger partial charge on any atom is 0.239 e. The molecular weight excluding hydrogens is 352 g/mol. The van der Waals surface area contributed by atoms with E-state index in [0.717, 1.165) is 5.56 Å². The highest BCUT2D eigenvalue weighted by Crippen LogP contribution is 2.11. The van der Waals surface area contributed by atoms with Gasteiger partial charge in [0.2, 0.25) is 17.6 Å². The van der Waals surface area contributed by atoms with E-state index in [1.807, 2.05) is 6.07 Å². The van der Waals surface area contributed by atoms with Gasteiger partial charge in [-0.1, -0.05) is 11.2 Å². The molecule has 12 heteroatoms. The van der Waals surface area contributed by atoms with Gasteiger partial charge in [-0.2, -0.15) is 15.2 Å². The zero-order chi connectivity index (χ0) is 18.5. The van der Waals surface area contributed by atoms with Gasteiger partial charge in [0.25, 0.3) is 0 Å². The van der Waals surface area contributed by atoms with Crippen molar-refractivity contribution in [1.82, 2.24) is 50.4 Å². The lowest BCUT2D eigenvalue weighted by Gasteiger charge is -2.08. The van der Waals surface area contributed by atoms with Crippen molar-refractivity contribution in [3.8, 4) is 17.5 Å². The third kappa shape index (κ3) is 3.84. The topological polar surface area (TPSA) is 153 Å². The molecule has 0 fully saturated rings. The number of aromatic amines is 1. The molecule has 4 aromatic rings. The Morgan fingerprint density at radius 2 is 2.26 bits per heavy atom. The van der Waals surface area contributed by atoms with Crippen LogP contribution < -0.4 is 5.32 Å². The second kappa shape index (κ2) is 7.51. The Balaban J connectivity index is 1.32. The molecule has 0 saturated heterocycles. The molecule has 27 heavy (non-hydrogen) atoms. The molecule has 0 aliphatic carbocycles. The van der Waals surface area contributed by atoms with Crippen molar-refractivity contribution < 1.29 is 9.32 Å². The van der Waals surface area contributed by atoms with Gasteiger partial charge < -0.3 is 9.84 Å². The molecule has 0 unspecified atom stereocenters. The first-order valence-corrected chi connectivity index (χ1v) is 8.03. The third-order valence-corrected chi connectivity index (χ3v) is 3.64. The summed E-state index contributed by atoms with van der Waals surface area (Å²) < 4.78 is 6.66. The number of nitrogens with one attached hydrogen (secondary N) is 2. The second-order valence-corrected chi connectivity index (χ2v) is 5.45. The fraction of sp³-hybridized carbons (Fsp3) is 0.200. The van der Waals surface area contributed by atoms with E-state index >= 15 is 0 Å². The number of hydrogen-bond acceptors (Lipinski definition) is 9. The van der Waals surface area contributed by atoms with Crippen molar-refractivity contribution >= 4 is 5.91 Å². The number of aromatic nitrogens is 9. The van der Waals surface area contributed by atoms with Crippen LogP contribution >= 0.6 is 0 Å². The molecule has 2 N–H and O–H groups in total. The molecule has 0 aliphatic heterocycles. The number of rotatable bonds is 7. The number of pyridine rings is 1. The fourth-order valence-corrected chi connectivity index (χ4v) is 2.36. The molecule has 4 rings (SSSR count). The number of aryl methyl sites for hydroxylation is 1. The molecule has 0 radical (unpaired) electrons. The Morgan fingerprint density at radius 1 is 1.30 bits per heavy atom. The Hall–Kier alpha value is -3.96. The molecule has 136 valence electrons. The molecule has 0 bridgehead atoms. The molecule has 4 aromatic heterocycles. The first-order valence-electron chi connectivity index (χ1n) is 8.03. The summed E-state index contributed by atoms with van der Waals surface area (Å²) in [5, 5.41) is 17.1. The van der Waals surface area contributed by atoms with Crippen LogP contribution in [0.15, 0.2) is 41.8 Å². The van der Waals surface area contributed by atoms with Crippen molar-refractivity contribution in [2.24, 2.45) is 0 Å². The average molecular weight is 366 g/mol. The van der Waals surface area contributed by atoms with E-state index in [1.54, 1.807) is 23.3 Å². The smallest absolute Gasteiger partial charge is 0.239 e. The van der Waals surface area contributed by atoms with Gasteiger partial charge in [-0.25, -0.2) is 19.6 Å². The van der Waals surface area contributed by atoms with E-state index in [-0.39, 0.29) is 12.3 Å². The molecule has 0 saturated carbocycles. The Kier molecular flexibility index (Phi) is 4.59. The Labute approximate surface area is 152 Å². The van der Waals surface area contributed by atoms with Crippen LogP contribution in [-0.2, 0) is 17.8 Å². The zero-order valence-corrected chi connectivity index (χ0v) is 14.0. The van der Waals surface area contributed by atoms with E-state index in [0.29, 0.717) is 36.3 Å². The number of H-pyrrole nitrogens is 1. The van der Waals surface area contributed by atoms with Crippen LogP contribution in [-0.4, -0.2) is 51.0 Å². The maximum absolute atomic E-state index is 12.1. The zero-order valence-electron chi connectivity index (χ0n) is 14.0. The van der Waals surface area contributed by atoms with Gasteiger partial charge in [-0.05, 0) is 6.07 Å². The van der Waals surface area contributed by atoms with Crippen LogP contribution in [0.3, 0.4) is 0 Å². The first kappa shape index (κ1) is 16.5. The van der Waals surface area contributed by atoms with E-state index in [2.05, 4.69) is 45.7 Å². The van der Waals surface area contributed by atoms with E-state index in [9.17, 15) is 4.79 Å². The summed E-state index contributed by atoms with van der Waals surface area (Å²) in [4.78, 5) is 28.4. The van der Waals surface area contributed by atoms with E-state index in [4.69, 9.17) is 4.52 Å². The third-order valence-electron chi connectivity index (χ3n) is 3.64. The minimum atomic E-state index is -0.150. The minimum Gasteiger partial charge on any atom is -0.352 e. The lowest BCUT2D eigenvalue weighted by Crippen LogP contribution is -2.24. The lowest BCUT2D eigenvalue weighted by molar-refractivity contribution is -0.121. The molecule has 1 amide bonds. The number of carbonyl (C=O) groups excluding carboxylic acids is 1. The highest BCUT2D eigenvalue weighted by atomic mass is 16.5. The van der Waals surface area contributed by atoms with Crippen LogP contribution in [0.1, 0.15) is 17.9 Å². The predicted molar refractivity (Wildman–Crippen MR) is 89.0 cm³/mol. The lowest BCUT2D eigenvalue weighted by atomic mass is 10.2. The number of carbonyl (C=O) groups is 1. The SMILES string of the molecule is O=C(CCc1nc(-c2ncn[nH]2)no1)NCc1cccnc1-n1cncn1. The summed E-state index contributed by atoms with van der Waals surface area (Å²) in [5.74, 6) is 1.52. The quantitative estimate of drug-likeness (QED) is 0.463. The molecule has 0 atom stereocenters. The van der Waals surface area contributed by atoms with Gasteiger partial charge in [-0.3, -0.25) is 9.89 Å². The number of nitrogens with zero attached hydrogens (tertiary/aromatic N) is 8. The van der Waals surface area contributed by atoms with Crippen molar-refractivity contribution in [3.63, 3.8) is 0 Å². The van der Waals surface area contributed by atoms with Crippen LogP contribution in [0.2, 0.25) is 0 Å². The Bertz CT molecular complexity index is 1010. The van der Waals surface area contributed by atoms with E-state index < -0.39 is 0 Å². The minimum absolute atomic E-state index is 0.150. The van der Waals surface area contributed by atoms with Crippen molar-refractivity contribution in [2.45, 2.75) is 19.4 Å². The van der Waals surface area contributed by atoms with Gasteiger partial charge in [0.15, 0.2) is 11.6 Å². The molecule has 0 spiro atoms. The van der Waals surface area contributed by atoms with Gasteiger partial charge >= 0.3 is 0 Å². The monoisotopic (exact) mass is 366 g/mol. The van der Waals surface area contributed by atoms with Crippen LogP contribution in [0.5, 0.6) is 0 Å². The van der Waals surface area contributed by atoms with Crippen LogP contribution in [0.4, 0.5) is 0 Å². The van der Waals surface area contributed by atoms with Gasteiger partial charge in [0, 0.05) is 31.1 Å². The van der Waals surface area contributed by atoms with Crippen molar-refractivity contribution in [3.05, 3.63) is 48.8 Å². The molecule has 0 aromatic carbocycles. The summed E-state index contributed by atoms with van der Waals surface area (Å²) in [6.45, 7) is 0.314. The average Bonchev–Trinajstić information content (AvgIpc) is 3.46. The summed E-state index contributed by atoms with van der Waals surface area (Å²) in [6, 6.07) is 3.66. The summed E-state index contributed by atoms with van der Waals surface area (Å²) in [7, 11) is 0. The standard InChI is InChI=1S/C15H14N10O2/c26-11(3-4-12-22-14(24-27-12)13-19-8-20-23-13)18-6-10-2-1-5-17-15(10)25-9-16-7-21-25/h1-2,5,7-9H,3-4,6H2,(H,18,26)(H,19,20,23). The largest absolute Gasteiger partial charge is 0.352 e. The normalized spacial score (nSPS) is 10.8. The first-order chi connectivity index (χ1) is 13.3. The molecule has 12 nitrogen and oxygen atoms in total. The number of hydrogen-bond donors (Lipinski definition) is 2. The van der Waals surface area contributed by atoms with Gasteiger partial charge in [-0.15, -0.1) is 0 Å². The Morgan fingerprint density at radius 3 is 3.07 bits per heavy atom. The predicted octanol–water partition coefficient (Wildman–Crippen LogP) is 0.0794.